The van der Waals surface area contributed by atoms with Gasteiger partial charge in [-0.3, -0.25) is 4.79 Å². The molecule has 0 unspecified atom stereocenters. The lowest BCUT2D eigenvalue weighted by molar-refractivity contribution is 0.0723. The molecule has 1 amide bonds. The molecule has 3 heterocycles. The van der Waals surface area contributed by atoms with Crippen LogP contribution in [-0.4, -0.2) is 38.5 Å². The number of fused-ring (bicyclic) bond motifs is 1. The van der Waals surface area contributed by atoms with E-state index in [0.29, 0.717) is 32.6 Å². The van der Waals surface area contributed by atoms with Crippen LogP contribution < -0.4 is 0 Å². The normalized spacial score (nSPS) is 14.8. The molecular formula is C19H18Cl2N4O. The second kappa shape index (κ2) is 6.89. The molecule has 0 N–H and O–H groups in total. The van der Waals surface area contributed by atoms with Crippen molar-refractivity contribution in [2.75, 3.05) is 13.1 Å². The molecule has 1 aliphatic heterocycles. The molecule has 0 radical (unpaired) electrons. The number of aromatic nitrogens is 3. The van der Waals surface area contributed by atoms with Crippen molar-refractivity contribution in [2.45, 2.75) is 26.2 Å². The van der Waals surface area contributed by atoms with Crippen LogP contribution in [0.2, 0.25) is 10.0 Å². The first-order chi connectivity index (χ1) is 12.6. The number of hydrogen-bond acceptors (Lipinski definition) is 3. The monoisotopic (exact) mass is 388 g/mol. The van der Waals surface area contributed by atoms with Crippen LogP contribution in [0.4, 0.5) is 0 Å². The van der Waals surface area contributed by atoms with Crippen molar-refractivity contribution in [1.82, 2.24) is 19.5 Å². The summed E-state index contributed by atoms with van der Waals surface area (Å²) in [6, 6.07) is 7.19. The van der Waals surface area contributed by atoms with E-state index in [1.807, 2.05) is 24.0 Å². The minimum Gasteiger partial charge on any atom is -0.339 e. The summed E-state index contributed by atoms with van der Waals surface area (Å²) < 4.78 is 1.70. The molecule has 2 aromatic heterocycles. The fourth-order valence-electron chi connectivity index (χ4n) is 3.48. The molecule has 0 atom stereocenters. The van der Waals surface area contributed by atoms with Crippen molar-refractivity contribution in [1.29, 1.82) is 0 Å². The average molecular weight is 389 g/mol. The van der Waals surface area contributed by atoms with Gasteiger partial charge in [-0.25, -0.2) is 9.50 Å². The van der Waals surface area contributed by atoms with Crippen LogP contribution in [0.5, 0.6) is 0 Å². The Morgan fingerprint density at radius 2 is 1.85 bits per heavy atom. The zero-order valence-electron chi connectivity index (χ0n) is 14.4. The van der Waals surface area contributed by atoms with Crippen molar-refractivity contribution in [2.24, 2.45) is 0 Å². The summed E-state index contributed by atoms with van der Waals surface area (Å²) in [4.78, 5) is 19.8. The fourth-order valence-corrected chi connectivity index (χ4v) is 3.78. The quantitative estimate of drug-likeness (QED) is 0.642. The minimum absolute atomic E-state index is 0.00632. The maximum absolute atomic E-state index is 13.3. The van der Waals surface area contributed by atoms with Crippen LogP contribution in [0.15, 0.2) is 30.5 Å². The molecule has 7 heteroatoms. The highest BCUT2D eigenvalue weighted by atomic mass is 35.5. The number of piperidine rings is 1. The Kier molecular flexibility index (Phi) is 4.59. The number of rotatable bonds is 2. The van der Waals surface area contributed by atoms with Gasteiger partial charge in [0.1, 0.15) is 0 Å². The summed E-state index contributed by atoms with van der Waals surface area (Å²) in [6.07, 6.45) is 4.91. The number of benzene rings is 1. The van der Waals surface area contributed by atoms with Crippen molar-refractivity contribution in [3.8, 4) is 11.3 Å². The predicted molar refractivity (Wildman–Crippen MR) is 103 cm³/mol. The van der Waals surface area contributed by atoms with Crippen LogP contribution in [0.3, 0.4) is 0 Å². The molecule has 1 aromatic carbocycles. The molecule has 1 saturated heterocycles. The van der Waals surface area contributed by atoms with Crippen LogP contribution >= 0.6 is 23.2 Å². The average Bonchev–Trinajstić information content (AvgIpc) is 3.11. The zero-order valence-corrected chi connectivity index (χ0v) is 15.9. The van der Waals surface area contributed by atoms with Gasteiger partial charge in [0.25, 0.3) is 5.91 Å². The van der Waals surface area contributed by atoms with E-state index in [2.05, 4.69) is 10.1 Å². The lowest BCUT2D eigenvalue weighted by Gasteiger charge is -2.28. The van der Waals surface area contributed by atoms with E-state index in [1.54, 1.807) is 22.8 Å². The molecule has 0 aliphatic carbocycles. The maximum atomic E-state index is 13.3. The Bertz CT molecular complexity index is 993. The van der Waals surface area contributed by atoms with Crippen molar-refractivity contribution in [3.63, 3.8) is 0 Å². The van der Waals surface area contributed by atoms with Crippen LogP contribution in [-0.2, 0) is 0 Å². The van der Waals surface area contributed by atoms with E-state index in [-0.39, 0.29) is 5.91 Å². The molecule has 3 aromatic rings. The summed E-state index contributed by atoms with van der Waals surface area (Å²) in [5, 5.41) is 5.30. The van der Waals surface area contributed by atoms with Crippen LogP contribution in [0.25, 0.3) is 16.9 Å². The van der Waals surface area contributed by atoms with Gasteiger partial charge in [-0.15, -0.1) is 0 Å². The number of carbonyl (C=O) groups is 1. The Hall–Kier alpha value is -2.11. The van der Waals surface area contributed by atoms with Gasteiger partial charge in [0.05, 0.1) is 33.2 Å². The highest BCUT2D eigenvalue weighted by molar-refractivity contribution is 6.42. The molecule has 0 spiro atoms. The van der Waals surface area contributed by atoms with E-state index in [0.717, 1.165) is 31.5 Å². The van der Waals surface area contributed by atoms with Gasteiger partial charge in [-0.1, -0.05) is 29.3 Å². The van der Waals surface area contributed by atoms with Crippen molar-refractivity contribution >= 4 is 34.8 Å². The summed E-state index contributed by atoms with van der Waals surface area (Å²) >= 11 is 12.3. The second-order valence-electron chi connectivity index (χ2n) is 6.50. The Morgan fingerprint density at radius 1 is 1.08 bits per heavy atom. The second-order valence-corrected chi connectivity index (χ2v) is 7.32. The molecule has 134 valence electrons. The van der Waals surface area contributed by atoms with Crippen molar-refractivity contribution in [3.05, 3.63) is 51.8 Å². The first-order valence-electron chi connectivity index (χ1n) is 8.65. The number of halogens is 2. The fraction of sp³-hybridized carbons (Fsp3) is 0.316. The van der Waals surface area contributed by atoms with Gasteiger partial charge < -0.3 is 4.90 Å². The maximum Gasteiger partial charge on any atom is 0.257 e. The molecule has 0 saturated carbocycles. The number of likely N-dealkylation sites (tertiary alicyclic amines) is 1. The van der Waals surface area contributed by atoms with Gasteiger partial charge in [0.15, 0.2) is 5.65 Å². The Morgan fingerprint density at radius 3 is 2.58 bits per heavy atom. The van der Waals surface area contributed by atoms with E-state index in [1.165, 1.54) is 6.42 Å². The van der Waals surface area contributed by atoms with Gasteiger partial charge in [0.2, 0.25) is 0 Å². The van der Waals surface area contributed by atoms with Crippen LogP contribution in [0, 0.1) is 6.92 Å². The Labute approximate surface area is 161 Å². The molecule has 5 nitrogen and oxygen atoms in total. The zero-order chi connectivity index (χ0) is 18.3. The topological polar surface area (TPSA) is 50.5 Å². The lowest BCUT2D eigenvalue weighted by atomic mass is 10.0. The third-order valence-corrected chi connectivity index (χ3v) is 5.50. The molecule has 0 bridgehead atoms. The molecule has 1 aliphatic rings. The van der Waals surface area contributed by atoms with Gasteiger partial charge in [-0.05, 0) is 38.3 Å². The molecular weight excluding hydrogens is 371 g/mol. The van der Waals surface area contributed by atoms with E-state index < -0.39 is 0 Å². The summed E-state index contributed by atoms with van der Waals surface area (Å²) in [6.45, 7) is 3.41. The number of aryl methyl sites for hydroxylation is 1. The lowest BCUT2D eigenvalue weighted by Crippen LogP contribution is -2.36. The first-order valence-corrected chi connectivity index (χ1v) is 9.41. The van der Waals surface area contributed by atoms with Gasteiger partial charge in [0, 0.05) is 24.7 Å². The van der Waals surface area contributed by atoms with Crippen molar-refractivity contribution < 1.29 is 4.79 Å². The molecule has 1 fully saturated rings. The number of carbonyl (C=O) groups excluding carboxylic acids is 1. The van der Waals surface area contributed by atoms with Crippen LogP contribution in [0.1, 0.15) is 35.3 Å². The largest absolute Gasteiger partial charge is 0.339 e. The van der Waals surface area contributed by atoms with Gasteiger partial charge >= 0.3 is 0 Å². The smallest absolute Gasteiger partial charge is 0.257 e. The number of amides is 1. The minimum atomic E-state index is -0.00632. The highest BCUT2D eigenvalue weighted by Gasteiger charge is 2.26. The van der Waals surface area contributed by atoms with E-state index in [9.17, 15) is 4.79 Å². The standard InChI is InChI=1S/C19H18Cl2N4O/c1-12-17(19(26)24-9-3-2-4-10-24)18(25-16(23-12)7-8-22-25)13-5-6-14(20)15(21)11-13/h5-8,11H,2-4,9-10H2,1H3. The predicted octanol–water partition coefficient (Wildman–Crippen LogP) is 4.64. The third-order valence-electron chi connectivity index (χ3n) is 4.77. The molecule has 26 heavy (non-hydrogen) atoms. The number of hydrogen-bond donors (Lipinski definition) is 0. The first kappa shape index (κ1) is 17.3. The third kappa shape index (κ3) is 2.95. The summed E-state index contributed by atoms with van der Waals surface area (Å²) in [5.41, 5.74) is 3.44. The summed E-state index contributed by atoms with van der Waals surface area (Å²) in [7, 11) is 0. The Balaban J connectivity index is 1.95. The van der Waals surface area contributed by atoms with E-state index in [4.69, 9.17) is 23.2 Å². The van der Waals surface area contributed by atoms with E-state index >= 15 is 0 Å². The number of nitrogens with zero attached hydrogens (tertiary/aromatic N) is 4. The SMILES string of the molecule is Cc1nc2ccnn2c(-c2ccc(Cl)c(Cl)c2)c1C(=O)N1CCCCC1. The van der Waals surface area contributed by atoms with Gasteiger partial charge in [-0.2, -0.15) is 5.10 Å². The summed E-state index contributed by atoms with van der Waals surface area (Å²) in [5.74, 6) is -0.00632. The highest BCUT2D eigenvalue weighted by Crippen LogP contribution is 2.32. The molecule has 4 rings (SSSR count).